The Bertz CT molecular complexity index is 1110. The highest BCUT2D eigenvalue weighted by molar-refractivity contribution is 5.67. The van der Waals surface area contributed by atoms with Crippen LogP contribution in [0.3, 0.4) is 0 Å². The van der Waals surface area contributed by atoms with Gasteiger partial charge in [-0.2, -0.15) is 0 Å². The number of hydrogen-bond donors (Lipinski definition) is 2. The van der Waals surface area contributed by atoms with Crippen molar-refractivity contribution in [3.8, 4) is 0 Å². The van der Waals surface area contributed by atoms with Crippen LogP contribution < -0.4 is 10.9 Å². The summed E-state index contributed by atoms with van der Waals surface area (Å²) in [6.45, 7) is 7.88. The molecule has 3 saturated carbocycles. The average Bonchev–Trinajstić information content (AvgIpc) is 3.47. The predicted octanol–water partition coefficient (Wildman–Crippen LogP) is 4.85. The number of nitrogens with one attached hydrogen (secondary N) is 1. The number of carbonyl (C=O) groups excluding carboxylic acids is 1. The summed E-state index contributed by atoms with van der Waals surface area (Å²) >= 11 is 0. The predicted molar refractivity (Wildman–Crippen MR) is 145 cm³/mol. The first-order valence-corrected chi connectivity index (χ1v) is 14.9. The number of ether oxygens (including phenoxy) is 1. The molecule has 4 aliphatic carbocycles. The van der Waals surface area contributed by atoms with E-state index in [4.69, 9.17) is 9.15 Å². The summed E-state index contributed by atoms with van der Waals surface area (Å²) in [5, 5.41) is 12.6. The zero-order chi connectivity index (χ0) is 26.5. The van der Waals surface area contributed by atoms with Crippen LogP contribution in [0.4, 0.5) is 4.79 Å². The molecule has 1 aliphatic heterocycles. The number of β-amino-alcohol motifs (C(OH)–C–C–N with tert-alkyl or cyclic N) is 1. The zero-order valence-electron chi connectivity index (χ0n) is 23.0. The SMILES string of the molecule is C[C@]12CCC(OC(=O)NCCN3CC[C@@H](O)C3)C[C@H]1CC[C@H]1C3=CC[C@H](c4ccc(=O)oc4)[C@@]3(C)CC[C@@H]12. The Kier molecular flexibility index (Phi) is 6.96. The maximum absolute atomic E-state index is 12.5. The van der Waals surface area contributed by atoms with Crippen molar-refractivity contribution in [2.45, 2.75) is 89.8 Å². The zero-order valence-corrected chi connectivity index (χ0v) is 23.0. The maximum Gasteiger partial charge on any atom is 0.407 e. The Morgan fingerprint density at radius 2 is 2.05 bits per heavy atom. The first-order chi connectivity index (χ1) is 18.3. The van der Waals surface area contributed by atoms with Gasteiger partial charge < -0.3 is 19.6 Å². The summed E-state index contributed by atoms with van der Waals surface area (Å²) in [6, 6.07) is 3.53. The quantitative estimate of drug-likeness (QED) is 0.535. The summed E-state index contributed by atoms with van der Waals surface area (Å²) in [5.74, 6) is 2.33. The van der Waals surface area contributed by atoms with E-state index in [0.717, 1.165) is 50.8 Å². The van der Waals surface area contributed by atoms with Gasteiger partial charge in [-0.3, -0.25) is 4.90 Å². The van der Waals surface area contributed by atoms with Crippen LogP contribution in [0.25, 0.3) is 0 Å². The first kappa shape index (κ1) is 26.1. The molecule has 1 saturated heterocycles. The molecule has 38 heavy (non-hydrogen) atoms. The van der Waals surface area contributed by atoms with E-state index in [9.17, 15) is 14.7 Å². The van der Waals surface area contributed by atoms with E-state index in [1.165, 1.54) is 25.7 Å². The van der Waals surface area contributed by atoms with Crippen LogP contribution in [-0.2, 0) is 4.74 Å². The summed E-state index contributed by atoms with van der Waals surface area (Å²) in [5.41, 5.74) is 2.99. The third-order valence-corrected chi connectivity index (χ3v) is 11.4. The molecule has 208 valence electrons. The molecule has 0 radical (unpaired) electrons. The number of nitrogens with zero attached hydrogens (tertiary/aromatic N) is 1. The molecule has 4 fully saturated rings. The van der Waals surface area contributed by atoms with E-state index >= 15 is 0 Å². The van der Waals surface area contributed by atoms with Gasteiger partial charge in [0.2, 0.25) is 0 Å². The molecule has 1 amide bonds. The van der Waals surface area contributed by atoms with E-state index in [-0.39, 0.29) is 29.3 Å². The lowest BCUT2D eigenvalue weighted by atomic mass is 9.46. The van der Waals surface area contributed by atoms with Gasteiger partial charge in [-0.15, -0.1) is 0 Å². The number of carbonyl (C=O) groups is 1. The van der Waals surface area contributed by atoms with Crippen LogP contribution >= 0.6 is 0 Å². The van der Waals surface area contributed by atoms with E-state index < -0.39 is 0 Å². The number of likely N-dealkylation sites (tertiary alicyclic amines) is 1. The number of hydrogen-bond acceptors (Lipinski definition) is 6. The van der Waals surface area contributed by atoms with Crippen LogP contribution in [0.15, 0.2) is 39.3 Å². The fourth-order valence-corrected chi connectivity index (χ4v) is 9.25. The van der Waals surface area contributed by atoms with Crippen molar-refractivity contribution in [1.82, 2.24) is 10.2 Å². The van der Waals surface area contributed by atoms with Gasteiger partial charge in [-0.25, -0.2) is 9.59 Å². The summed E-state index contributed by atoms with van der Waals surface area (Å²) in [7, 11) is 0. The molecule has 0 spiro atoms. The Labute approximate surface area is 226 Å². The molecule has 7 heteroatoms. The number of aliphatic hydroxyl groups excluding tert-OH is 1. The Hall–Kier alpha value is -2.12. The minimum Gasteiger partial charge on any atom is -0.446 e. The third-order valence-electron chi connectivity index (χ3n) is 11.4. The minimum absolute atomic E-state index is 0.00917. The van der Waals surface area contributed by atoms with Gasteiger partial charge in [0.25, 0.3) is 0 Å². The summed E-state index contributed by atoms with van der Waals surface area (Å²) in [6.07, 6.45) is 13.5. The molecule has 1 aromatic heterocycles. The van der Waals surface area contributed by atoms with Crippen molar-refractivity contribution >= 4 is 6.09 Å². The van der Waals surface area contributed by atoms with Crippen LogP contribution in [0.1, 0.15) is 83.1 Å². The first-order valence-electron chi connectivity index (χ1n) is 14.9. The molecule has 1 aromatic rings. The van der Waals surface area contributed by atoms with Crippen LogP contribution in [0.2, 0.25) is 0 Å². The third kappa shape index (κ3) is 4.64. The maximum atomic E-state index is 12.5. The number of amides is 1. The second-order valence-corrected chi connectivity index (χ2v) is 13.3. The van der Waals surface area contributed by atoms with Crippen molar-refractivity contribution in [2.75, 3.05) is 26.2 Å². The van der Waals surface area contributed by atoms with Crippen LogP contribution in [0, 0.1) is 28.6 Å². The fraction of sp³-hybridized carbons (Fsp3) is 0.742. The van der Waals surface area contributed by atoms with Crippen molar-refractivity contribution in [1.29, 1.82) is 0 Å². The van der Waals surface area contributed by atoms with Crippen molar-refractivity contribution in [2.24, 2.45) is 28.6 Å². The largest absolute Gasteiger partial charge is 0.446 e. The van der Waals surface area contributed by atoms with Gasteiger partial charge in [0.05, 0.1) is 12.4 Å². The Balaban J connectivity index is 1.05. The van der Waals surface area contributed by atoms with Gasteiger partial charge >= 0.3 is 11.7 Å². The van der Waals surface area contributed by atoms with Gasteiger partial charge in [0.1, 0.15) is 6.10 Å². The average molecular weight is 525 g/mol. The van der Waals surface area contributed by atoms with Gasteiger partial charge in [-0.1, -0.05) is 25.5 Å². The van der Waals surface area contributed by atoms with Crippen molar-refractivity contribution in [3.05, 3.63) is 46.0 Å². The number of rotatable bonds is 5. The molecule has 0 bridgehead atoms. The lowest BCUT2D eigenvalue weighted by Gasteiger charge is -2.59. The highest BCUT2D eigenvalue weighted by Gasteiger charge is 2.58. The number of fused-ring (bicyclic) bond motifs is 5. The smallest absolute Gasteiger partial charge is 0.407 e. The van der Waals surface area contributed by atoms with Gasteiger partial charge in [0.15, 0.2) is 0 Å². The fourth-order valence-electron chi connectivity index (χ4n) is 9.25. The Morgan fingerprint density at radius 3 is 2.82 bits per heavy atom. The molecule has 5 aliphatic rings. The van der Waals surface area contributed by atoms with E-state index in [0.29, 0.717) is 42.2 Å². The summed E-state index contributed by atoms with van der Waals surface area (Å²) in [4.78, 5) is 26.2. The van der Waals surface area contributed by atoms with E-state index in [2.05, 4.69) is 30.1 Å². The minimum atomic E-state index is -0.292. The normalized spacial score (nSPS) is 40.6. The van der Waals surface area contributed by atoms with E-state index in [1.807, 2.05) is 6.07 Å². The number of aliphatic hydroxyl groups is 1. The van der Waals surface area contributed by atoms with Crippen molar-refractivity contribution in [3.63, 3.8) is 0 Å². The second kappa shape index (κ2) is 10.1. The molecule has 6 rings (SSSR count). The molecule has 8 atom stereocenters. The molecular weight excluding hydrogens is 480 g/mol. The molecular formula is C31H44N2O5. The summed E-state index contributed by atoms with van der Waals surface area (Å²) < 4.78 is 11.1. The lowest BCUT2D eigenvalue weighted by molar-refractivity contribution is -0.0842. The van der Waals surface area contributed by atoms with Crippen LogP contribution in [-0.4, -0.2) is 54.5 Å². The monoisotopic (exact) mass is 524 g/mol. The number of allylic oxidation sites excluding steroid dienone is 2. The standard InChI is InChI=1S/C31H44N2O5/c1-30-12-9-23(38-29(36)32-14-16-33-15-11-22(34)18-33)17-21(30)4-5-24-26-7-6-25(20-3-8-28(35)37-19-20)31(26,2)13-10-27(24)30/h3,7-8,19,21-25,27,34H,4-6,9-18H2,1-2H3,(H,32,36)/t21-,22-,23?,24+,25-,27+,30+,31-/m1/s1. The molecule has 2 heterocycles. The molecule has 7 nitrogen and oxygen atoms in total. The topological polar surface area (TPSA) is 92.0 Å². The molecule has 1 unspecified atom stereocenters. The van der Waals surface area contributed by atoms with Crippen LogP contribution in [0.5, 0.6) is 0 Å². The lowest BCUT2D eigenvalue weighted by Crippen LogP contribution is -2.52. The Morgan fingerprint density at radius 1 is 1.18 bits per heavy atom. The highest BCUT2D eigenvalue weighted by Crippen LogP contribution is 2.67. The van der Waals surface area contributed by atoms with Crippen molar-refractivity contribution < 1.29 is 19.1 Å². The molecule has 0 aromatic carbocycles. The van der Waals surface area contributed by atoms with E-state index in [1.54, 1.807) is 17.9 Å². The number of alkyl carbamates (subject to hydrolysis) is 1. The second-order valence-electron chi connectivity index (χ2n) is 13.3. The van der Waals surface area contributed by atoms with Gasteiger partial charge in [0, 0.05) is 32.2 Å². The molecule has 2 N–H and O–H groups in total. The highest BCUT2D eigenvalue weighted by atomic mass is 16.6. The van der Waals surface area contributed by atoms with Gasteiger partial charge in [-0.05, 0) is 104 Å².